The molecule has 3 heterocycles. The smallest absolute Gasteiger partial charge is 0.253 e. The van der Waals surface area contributed by atoms with Crippen molar-refractivity contribution < 1.29 is 26.7 Å². The molecule has 192 valence electrons. The maximum absolute atomic E-state index is 14.0. The Balaban J connectivity index is 1.21. The Morgan fingerprint density at radius 3 is 2.56 bits per heavy atom. The van der Waals surface area contributed by atoms with Crippen molar-refractivity contribution in [2.24, 2.45) is 0 Å². The number of piperazine rings is 1. The van der Waals surface area contributed by atoms with Crippen molar-refractivity contribution >= 4 is 42.6 Å². The SMILES string of the molecule is CN(CC1CCCO1)S(=O)(=O)c1ccc(C(=O)N2CCN(c3nc4c(F)cc(F)cc4s3)CC2)cc1. The second-order valence-corrected chi connectivity index (χ2v) is 12.0. The van der Waals surface area contributed by atoms with Gasteiger partial charge in [-0.05, 0) is 43.2 Å². The van der Waals surface area contributed by atoms with Gasteiger partial charge in [0.2, 0.25) is 10.0 Å². The number of amides is 1. The van der Waals surface area contributed by atoms with E-state index in [1.807, 2.05) is 4.90 Å². The van der Waals surface area contributed by atoms with Crippen molar-refractivity contribution in [1.29, 1.82) is 0 Å². The Kier molecular flexibility index (Phi) is 6.95. The summed E-state index contributed by atoms with van der Waals surface area (Å²) in [6.07, 6.45) is 1.69. The molecule has 0 spiro atoms. The van der Waals surface area contributed by atoms with E-state index in [0.717, 1.165) is 18.9 Å². The summed E-state index contributed by atoms with van der Waals surface area (Å²) in [6, 6.07) is 8.07. The van der Waals surface area contributed by atoms with Crippen LogP contribution in [0.3, 0.4) is 0 Å². The second kappa shape index (κ2) is 10.0. The standard InChI is InChI=1S/C24H26F2N4O4S2/c1-28(15-18-3-2-12-34-18)36(32,33)19-6-4-16(5-7-19)23(31)29-8-10-30(11-9-29)24-27-22-20(26)13-17(25)14-21(22)35-24/h4-7,13-14,18H,2-3,8-12,15H2,1H3. The molecule has 2 fully saturated rings. The van der Waals surface area contributed by atoms with Crippen LogP contribution in [0.1, 0.15) is 23.2 Å². The molecule has 8 nitrogen and oxygen atoms in total. The first-order valence-electron chi connectivity index (χ1n) is 11.7. The van der Waals surface area contributed by atoms with E-state index in [1.54, 1.807) is 4.90 Å². The third-order valence-corrected chi connectivity index (χ3v) is 9.43. The monoisotopic (exact) mass is 536 g/mol. The Labute approximate surface area is 212 Å². The van der Waals surface area contributed by atoms with Gasteiger partial charge < -0.3 is 14.5 Å². The number of aromatic nitrogens is 1. The molecule has 2 aliphatic rings. The lowest BCUT2D eigenvalue weighted by Crippen LogP contribution is -2.48. The molecule has 1 amide bonds. The van der Waals surface area contributed by atoms with Crippen LogP contribution in [0.25, 0.3) is 10.2 Å². The topological polar surface area (TPSA) is 83.0 Å². The van der Waals surface area contributed by atoms with Gasteiger partial charge in [0.1, 0.15) is 11.3 Å². The van der Waals surface area contributed by atoms with Crippen LogP contribution in [0.5, 0.6) is 0 Å². The molecule has 0 N–H and O–H groups in total. The van der Waals surface area contributed by atoms with Gasteiger partial charge in [-0.3, -0.25) is 4.79 Å². The van der Waals surface area contributed by atoms with Crippen LogP contribution in [0.2, 0.25) is 0 Å². The van der Waals surface area contributed by atoms with E-state index in [0.29, 0.717) is 54.7 Å². The minimum absolute atomic E-state index is 0.0905. The molecule has 12 heteroatoms. The Bertz CT molecular complexity index is 1370. The minimum Gasteiger partial charge on any atom is -0.377 e. The molecule has 2 aromatic carbocycles. The summed E-state index contributed by atoms with van der Waals surface area (Å²) in [5.41, 5.74) is 0.549. The van der Waals surface area contributed by atoms with Gasteiger partial charge in [-0.25, -0.2) is 22.2 Å². The van der Waals surface area contributed by atoms with E-state index in [4.69, 9.17) is 4.74 Å². The van der Waals surface area contributed by atoms with Crippen molar-refractivity contribution in [2.45, 2.75) is 23.8 Å². The number of sulfonamides is 1. The fourth-order valence-corrected chi connectivity index (χ4v) is 6.75. The highest BCUT2D eigenvalue weighted by Gasteiger charge is 2.28. The number of halogens is 2. The Hall–Kier alpha value is -2.67. The van der Waals surface area contributed by atoms with E-state index < -0.39 is 21.7 Å². The highest BCUT2D eigenvalue weighted by Crippen LogP contribution is 2.31. The van der Waals surface area contributed by atoms with Crippen LogP contribution in [0.15, 0.2) is 41.3 Å². The summed E-state index contributed by atoms with van der Waals surface area (Å²) >= 11 is 1.22. The van der Waals surface area contributed by atoms with Crippen molar-refractivity contribution in [3.8, 4) is 0 Å². The third-order valence-electron chi connectivity index (χ3n) is 6.53. The number of hydrogen-bond acceptors (Lipinski definition) is 7. The Morgan fingerprint density at radius 2 is 1.89 bits per heavy atom. The number of ether oxygens (including phenoxy) is 1. The van der Waals surface area contributed by atoms with Gasteiger partial charge in [0.15, 0.2) is 10.9 Å². The second-order valence-electron chi connectivity index (χ2n) is 8.95. The number of rotatable bonds is 6. The first-order chi connectivity index (χ1) is 17.2. The fourth-order valence-electron chi connectivity index (χ4n) is 4.49. The van der Waals surface area contributed by atoms with Crippen LogP contribution in [-0.4, -0.2) is 81.0 Å². The predicted molar refractivity (Wildman–Crippen MR) is 133 cm³/mol. The maximum Gasteiger partial charge on any atom is 0.253 e. The average molecular weight is 537 g/mol. The number of carbonyl (C=O) groups is 1. The zero-order valence-electron chi connectivity index (χ0n) is 19.7. The number of likely N-dealkylation sites (N-methyl/N-ethyl adjacent to an activating group) is 1. The zero-order chi connectivity index (χ0) is 25.4. The van der Waals surface area contributed by atoms with E-state index in [2.05, 4.69) is 4.98 Å². The lowest BCUT2D eigenvalue weighted by atomic mass is 10.2. The highest BCUT2D eigenvalue weighted by atomic mass is 32.2. The van der Waals surface area contributed by atoms with Gasteiger partial charge in [0.25, 0.3) is 5.91 Å². The zero-order valence-corrected chi connectivity index (χ0v) is 21.3. The molecule has 1 aromatic heterocycles. The van der Waals surface area contributed by atoms with Crippen molar-refractivity contribution in [1.82, 2.24) is 14.2 Å². The molecule has 0 aliphatic carbocycles. The minimum atomic E-state index is -3.68. The molecule has 0 radical (unpaired) electrons. The lowest BCUT2D eigenvalue weighted by molar-refractivity contribution is 0.0746. The number of hydrogen-bond donors (Lipinski definition) is 0. The maximum atomic E-state index is 14.0. The summed E-state index contributed by atoms with van der Waals surface area (Å²) < 4.78 is 60.6. The number of benzene rings is 2. The largest absolute Gasteiger partial charge is 0.377 e. The van der Waals surface area contributed by atoms with Gasteiger partial charge in [-0.1, -0.05) is 11.3 Å². The number of thiazole rings is 1. The van der Waals surface area contributed by atoms with E-state index in [1.165, 1.54) is 53.0 Å². The molecule has 5 rings (SSSR count). The Morgan fingerprint density at radius 1 is 1.17 bits per heavy atom. The predicted octanol–water partition coefficient (Wildman–Crippen LogP) is 3.34. The molecule has 1 atom stereocenters. The van der Waals surface area contributed by atoms with Gasteiger partial charge in [0, 0.05) is 58.0 Å². The fraction of sp³-hybridized carbons (Fsp3) is 0.417. The van der Waals surface area contributed by atoms with Gasteiger partial charge in [-0.2, -0.15) is 4.31 Å². The van der Waals surface area contributed by atoms with E-state index in [9.17, 15) is 22.0 Å². The summed E-state index contributed by atoms with van der Waals surface area (Å²) in [4.78, 5) is 21.1. The first kappa shape index (κ1) is 25.0. The van der Waals surface area contributed by atoms with Crippen LogP contribution in [0, 0.1) is 11.6 Å². The van der Waals surface area contributed by atoms with Crippen molar-refractivity contribution in [3.05, 3.63) is 53.6 Å². The molecule has 0 saturated carbocycles. The average Bonchev–Trinajstić information content (AvgIpc) is 3.54. The van der Waals surface area contributed by atoms with Crippen molar-refractivity contribution in [2.75, 3.05) is 51.3 Å². The van der Waals surface area contributed by atoms with Gasteiger partial charge in [-0.15, -0.1) is 0 Å². The van der Waals surface area contributed by atoms with Crippen LogP contribution < -0.4 is 4.90 Å². The summed E-state index contributed by atoms with van der Waals surface area (Å²) in [5, 5.41) is 0.586. The first-order valence-corrected chi connectivity index (χ1v) is 14.0. The summed E-state index contributed by atoms with van der Waals surface area (Å²) in [7, 11) is -2.15. The quantitative estimate of drug-likeness (QED) is 0.481. The van der Waals surface area contributed by atoms with Gasteiger partial charge in [0.05, 0.1) is 15.7 Å². The molecule has 36 heavy (non-hydrogen) atoms. The van der Waals surface area contributed by atoms with E-state index in [-0.39, 0.29) is 22.4 Å². The van der Waals surface area contributed by atoms with Crippen LogP contribution in [-0.2, 0) is 14.8 Å². The van der Waals surface area contributed by atoms with Crippen LogP contribution >= 0.6 is 11.3 Å². The highest BCUT2D eigenvalue weighted by molar-refractivity contribution is 7.89. The number of fused-ring (bicyclic) bond motifs is 1. The third kappa shape index (κ3) is 4.95. The molecular weight excluding hydrogens is 510 g/mol. The molecule has 0 bridgehead atoms. The molecule has 2 aliphatic heterocycles. The number of carbonyl (C=O) groups excluding carboxylic acids is 1. The molecular formula is C24H26F2N4O4S2. The lowest BCUT2D eigenvalue weighted by Gasteiger charge is -2.34. The van der Waals surface area contributed by atoms with E-state index >= 15 is 0 Å². The van der Waals surface area contributed by atoms with Gasteiger partial charge >= 0.3 is 0 Å². The number of nitrogens with zero attached hydrogens (tertiary/aromatic N) is 4. The van der Waals surface area contributed by atoms with Crippen molar-refractivity contribution in [3.63, 3.8) is 0 Å². The molecule has 1 unspecified atom stereocenters. The molecule has 2 saturated heterocycles. The number of anilines is 1. The normalized spacial score (nSPS) is 18.9. The molecule has 3 aromatic rings. The summed E-state index contributed by atoms with van der Waals surface area (Å²) in [5.74, 6) is -1.52. The summed E-state index contributed by atoms with van der Waals surface area (Å²) in [6.45, 7) is 2.80. The van der Waals surface area contributed by atoms with Crippen LogP contribution in [0.4, 0.5) is 13.9 Å².